The summed E-state index contributed by atoms with van der Waals surface area (Å²) in [5.74, 6) is 0.0000628. The minimum Gasteiger partial charge on any atom is -0.484 e. The smallest absolute Gasteiger partial charge is 0.260 e. The van der Waals surface area contributed by atoms with Crippen molar-refractivity contribution in [3.05, 3.63) is 29.8 Å². The van der Waals surface area contributed by atoms with E-state index in [1.165, 1.54) is 0 Å². The molecule has 0 aliphatic carbocycles. The molecule has 2 rings (SSSR count). The van der Waals surface area contributed by atoms with E-state index in [-0.39, 0.29) is 31.0 Å². The Morgan fingerprint density at radius 3 is 2.57 bits per heavy atom. The number of hydrogen-bond donors (Lipinski definition) is 2. The van der Waals surface area contributed by atoms with E-state index >= 15 is 0 Å². The summed E-state index contributed by atoms with van der Waals surface area (Å²) in [5, 5.41) is 3.22. The van der Waals surface area contributed by atoms with Gasteiger partial charge in [-0.3, -0.25) is 9.59 Å². The van der Waals surface area contributed by atoms with Crippen LogP contribution in [0.3, 0.4) is 0 Å². The van der Waals surface area contributed by atoms with Crippen molar-refractivity contribution >= 4 is 24.2 Å². The number of likely N-dealkylation sites (N-methyl/N-ethyl adjacent to an activating group) is 1. The fourth-order valence-corrected chi connectivity index (χ4v) is 2.14. The Morgan fingerprint density at radius 2 is 2.05 bits per heavy atom. The SMILES string of the molecule is CN(C(=O)COc1ccc(C(N)=O)cc1)C1CCNC1.Cl. The monoisotopic (exact) mass is 313 g/mol. The highest BCUT2D eigenvalue weighted by molar-refractivity contribution is 5.92. The molecule has 1 aliphatic heterocycles. The molecule has 0 aromatic heterocycles. The number of nitrogens with two attached hydrogens (primary N) is 1. The normalized spacial score (nSPS) is 16.9. The Kier molecular flexibility index (Phi) is 6.45. The second kappa shape index (κ2) is 7.85. The summed E-state index contributed by atoms with van der Waals surface area (Å²) in [6.07, 6.45) is 0.968. The van der Waals surface area contributed by atoms with Crippen molar-refractivity contribution in [2.45, 2.75) is 12.5 Å². The average molecular weight is 314 g/mol. The number of carbonyl (C=O) groups is 2. The minimum atomic E-state index is -0.485. The number of benzene rings is 1. The molecule has 116 valence electrons. The fourth-order valence-electron chi connectivity index (χ4n) is 2.14. The molecular formula is C14H20ClN3O3. The maximum Gasteiger partial charge on any atom is 0.260 e. The summed E-state index contributed by atoms with van der Waals surface area (Å²) in [6, 6.07) is 6.65. The summed E-state index contributed by atoms with van der Waals surface area (Å²) < 4.78 is 5.42. The largest absolute Gasteiger partial charge is 0.484 e. The predicted molar refractivity (Wildman–Crippen MR) is 81.7 cm³/mol. The van der Waals surface area contributed by atoms with Crippen LogP contribution in [0.5, 0.6) is 5.75 Å². The number of ether oxygens (including phenoxy) is 1. The highest BCUT2D eigenvalue weighted by Gasteiger charge is 2.23. The molecule has 1 aliphatic rings. The van der Waals surface area contributed by atoms with E-state index in [4.69, 9.17) is 10.5 Å². The van der Waals surface area contributed by atoms with Gasteiger partial charge in [-0.15, -0.1) is 12.4 Å². The van der Waals surface area contributed by atoms with Crippen LogP contribution < -0.4 is 15.8 Å². The molecule has 1 unspecified atom stereocenters. The topological polar surface area (TPSA) is 84.7 Å². The van der Waals surface area contributed by atoms with E-state index in [1.54, 1.807) is 36.2 Å². The molecule has 0 radical (unpaired) electrons. The summed E-state index contributed by atoms with van der Waals surface area (Å²) in [5.41, 5.74) is 5.56. The van der Waals surface area contributed by atoms with Gasteiger partial charge in [-0.1, -0.05) is 0 Å². The van der Waals surface area contributed by atoms with E-state index in [0.29, 0.717) is 11.3 Å². The standard InChI is InChI=1S/C14H19N3O3.ClH/c1-17(11-6-7-16-8-11)13(18)9-20-12-4-2-10(3-5-12)14(15)19;/h2-5,11,16H,6-9H2,1H3,(H2,15,19);1H. The summed E-state index contributed by atoms with van der Waals surface area (Å²) in [4.78, 5) is 24.6. The number of halogens is 1. The lowest BCUT2D eigenvalue weighted by atomic mass is 10.2. The first-order valence-corrected chi connectivity index (χ1v) is 6.57. The van der Waals surface area contributed by atoms with Crippen LogP contribution in [0.15, 0.2) is 24.3 Å². The van der Waals surface area contributed by atoms with Gasteiger partial charge in [-0.05, 0) is 37.2 Å². The average Bonchev–Trinajstić information content (AvgIpc) is 2.98. The molecule has 0 saturated carbocycles. The number of nitrogens with zero attached hydrogens (tertiary/aromatic N) is 1. The van der Waals surface area contributed by atoms with E-state index in [1.807, 2.05) is 0 Å². The third-order valence-corrected chi connectivity index (χ3v) is 3.48. The molecule has 6 nitrogen and oxygen atoms in total. The first kappa shape index (κ1) is 17.3. The van der Waals surface area contributed by atoms with Crippen LogP contribution in [-0.2, 0) is 4.79 Å². The lowest BCUT2D eigenvalue weighted by Crippen LogP contribution is -2.40. The second-order valence-electron chi connectivity index (χ2n) is 4.83. The van der Waals surface area contributed by atoms with Crippen molar-refractivity contribution in [3.8, 4) is 5.75 Å². The van der Waals surface area contributed by atoms with Crippen molar-refractivity contribution in [1.82, 2.24) is 10.2 Å². The Bertz CT molecular complexity index is 487. The Labute approximate surface area is 130 Å². The zero-order chi connectivity index (χ0) is 14.5. The van der Waals surface area contributed by atoms with Gasteiger partial charge < -0.3 is 20.7 Å². The number of rotatable bonds is 5. The molecule has 0 bridgehead atoms. The zero-order valence-corrected chi connectivity index (χ0v) is 12.7. The molecule has 1 heterocycles. The molecule has 1 aromatic carbocycles. The molecule has 1 atom stereocenters. The molecule has 0 spiro atoms. The van der Waals surface area contributed by atoms with Gasteiger partial charge >= 0.3 is 0 Å². The number of hydrogen-bond acceptors (Lipinski definition) is 4. The molecule has 2 amide bonds. The first-order chi connectivity index (χ1) is 9.58. The maximum atomic E-state index is 12.0. The van der Waals surface area contributed by atoms with Crippen LogP contribution >= 0.6 is 12.4 Å². The van der Waals surface area contributed by atoms with Crippen molar-refractivity contribution in [3.63, 3.8) is 0 Å². The van der Waals surface area contributed by atoms with Crippen LogP contribution in [-0.4, -0.2) is 49.5 Å². The predicted octanol–water partition coefficient (Wildman–Crippen LogP) is 0.406. The third kappa shape index (κ3) is 4.61. The quantitative estimate of drug-likeness (QED) is 0.824. The van der Waals surface area contributed by atoms with Crippen molar-refractivity contribution in [2.75, 3.05) is 26.7 Å². The lowest BCUT2D eigenvalue weighted by molar-refractivity contribution is -0.133. The molecular weight excluding hydrogens is 294 g/mol. The molecule has 1 aromatic rings. The van der Waals surface area contributed by atoms with Gasteiger partial charge in [-0.25, -0.2) is 0 Å². The summed E-state index contributed by atoms with van der Waals surface area (Å²) >= 11 is 0. The molecule has 3 N–H and O–H groups in total. The van der Waals surface area contributed by atoms with E-state index in [0.717, 1.165) is 19.5 Å². The van der Waals surface area contributed by atoms with Crippen LogP contribution in [0.1, 0.15) is 16.8 Å². The maximum absolute atomic E-state index is 12.0. The van der Waals surface area contributed by atoms with Gasteiger partial charge in [0.05, 0.1) is 0 Å². The van der Waals surface area contributed by atoms with Gasteiger partial charge in [0.15, 0.2) is 6.61 Å². The number of nitrogens with one attached hydrogen (secondary N) is 1. The van der Waals surface area contributed by atoms with Gasteiger partial charge in [0.2, 0.25) is 5.91 Å². The molecule has 1 saturated heterocycles. The zero-order valence-electron chi connectivity index (χ0n) is 11.9. The highest BCUT2D eigenvalue weighted by Crippen LogP contribution is 2.12. The van der Waals surface area contributed by atoms with Gasteiger partial charge in [0.25, 0.3) is 5.91 Å². The Hall–Kier alpha value is -1.79. The van der Waals surface area contributed by atoms with E-state index in [2.05, 4.69) is 5.32 Å². The van der Waals surface area contributed by atoms with Crippen LogP contribution in [0.4, 0.5) is 0 Å². The van der Waals surface area contributed by atoms with Crippen LogP contribution in [0.25, 0.3) is 0 Å². The fraction of sp³-hybridized carbons (Fsp3) is 0.429. The van der Waals surface area contributed by atoms with Gasteiger partial charge in [-0.2, -0.15) is 0 Å². The van der Waals surface area contributed by atoms with E-state index in [9.17, 15) is 9.59 Å². The lowest BCUT2D eigenvalue weighted by Gasteiger charge is -2.23. The van der Waals surface area contributed by atoms with Crippen LogP contribution in [0.2, 0.25) is 0 Å². The third-order valence-electron chi connectivity index (χ3n) is 3.48. The summed E-state index contributed by atoms with van der Waals surface area (Å²) in [7, 11) is 1.79. The van der Waals surface area contributed by atoms with Crippen molar-refractivity contribution in [2.24, 2.45) is 5.73 Å². The molecule has 7 heteroatoms. The molecule has 21 heavy (non-hydrogen) atoms. The van der Waals surface area contributed by atoms with Gasteiger partial charge in [0.1, 0.15) is 5.75 Å². The highest BCUT2D eigenvalue weighted by atomic mass is 35.5. The second-order valence-corrected chi connectivity index (χ2v) is 4.83. The number of primary amides is 1. The Balaban J connectivity index is 0.00000220. The van der Waals surface area contributed by atoms with Gasteiger partial charge in [0, 0.05) is 25.2 Å². The Morgan fingerprint density at radius 1 is 1.38 bits per heavy atom. The van der Waals surface area contributed by atoms with Crippen molar-refractivity contribution in [1.29, 1.82) is 0 Å². The number of amides is 2. The van der Waals surface area contributed by atoms with E-state index < -0.39 is 5.91 Å². The molecule has 1 fully saturated rings. The first-order valence-electron chi connectivity index (χ1n) is 6.57. The summed E-state index contributed by atoms with van der Waals surface area (Å²) in [6.45, 7) is 1.76. The minimum absolute atomic E-state index is 0. The van der Waals surface area contributed by atoms with Crippen LogP contribution in [0, 0.1) is 0 Å². The number of carbonyl (C=O) groups excluding carboxylic acids is 2. The van der Waals surface area contributed by atoms with Crippen molar-refractivity contribution < 1.29 is 14.3 Å².